The van der Waals surface area contributed by atoms with Gasteiger partial charge in [0.15, 0.2) is 11.6 Å². The molecule has 139 heavy (non-hydrogen) atoms. The van der Waals surface area contributed by atoms with Gasteiger partial charge in [-0.05, 0) is 143 Å². The van der Waals surface area contributed by atoms with Gasteiger partial charge >= 0.3 is 60.0 Å². The number of ether oxygens (including phenoxy) is 5. The third kappa shape index (κ3) is 47.1. The van der Waals surface area contributed by atoms with Gasteiger partial charge in [-0.15, -0.1) is 0 Å². The highest BCUT2D eigenvalue weighted by Gasteiger charge is 2.32. The molecular weight excluding hydrogens is 1820 g/mol. The van der Waals surface area contributed by atoms with Crippen molar-refractivity contribution in [2.75, 3.05) is 94.9 Å². The van der Waals surface area contributed by atoms with Crippen molar-refractivity contribution in [3.05, 3.63) is 119 Å². The molecule has 47 nitrogen and oxygen atoms in total. The highest BCUT2D eigenvalue weighted by Crippen LogP contribution is 2.31. The average molecular weight is 1960 g/mol. The van der Waals surface area contributed by atoms with Gasteiger partial charge in [-0.25, -0.2) is 47.9 Å². The Morgan fingerprint density at radius 2 is 0.554 bits per heavy atom. The molecule has 0 radical (unpaired) electrons. The van der Waals surface area contributed by atoms with E-state index in [0.717, 1.165) is 0 Å². The van der Waals surface area contributed by atoms with E-state index in [0.29, 0.717) is 88.8 Å². The number of esters is 5. The number of carbonyl (C=O) groups excluding carboxylic acids is 19. The van der Waals surface area contributed by atoms with Gasteiger partial charge in [-0.3, -0.25) is 43.2 Å². The van der Waals surface area contributed by atoms with Crippen LogP contribution in [-0.4, -0.2) is 225 Å². The Bertz CT molecular complexity index is 4800. The van der Waals surface area contributed by atoms with Crippen molar-refractivity contribution in [1.82, 2.24) is 31.9 Å². The molecule has 30 N–H and O–H groups in total. The zero-order valence-corrected chi connectivity index (χ0v) is 80.3. The fraction of sp³-hybridized carbons (Fsp3) is 0.467. The molecule has 8 atom stereocenters. The first-order valence-electron chi connectivity index (χ1n) is 43.9. The van der Waals surface area contributed by atoms with Crippen LogP contribution in [0.5, 0.6) is 28.7 Å². The van der Waals surface area contributed by atoms with E-state index >= 15 is 0 Å². The van der Waals surface area contributed by atoms with E-state index in [9.17, 15) is 117 Å². The second-order valence-corrected chi connectivity index (χ2v) is 32.6. The fourth-order valence-electron chi connectivity index (χ4n) is 12.5. The van der Waals surface area contributed by atoms with Crippen LogP contribution < -0.4 is 98.6 Å². The van der Waals surface area contributed by atoms with E-state index in [1.807, 2.05) is 34.6 Å². The molecule has 0 saturated carbocycles. The summed E-state index contributed by atoms with van der Waals surface area (Å²) >= 11 is 0. The molecule has 0 aliphatic heterocycles. The molecule has 0 spiro atoms. The maximum atomic E-state index is 12.9. The zero-order valence-electron chi connectivity index (χ0n) is 80.3. The van der Waals surface area contributed by atoms with Crippen LogP contribution in [0.1, 0.15) is 198 Å². The van der Waals surface area contributed by atoms with Gasteiger partial charge in [0.05, 0.1) is 53.7 Å². The molecule has 47 heteroatoms. The van der Waals surface area contributed by atoms with E-state index in [4.69, 9.17) is 40.1 Å². The summed E-state index contributed by atoms with van der Waals surface area (Å²) in [6, 6.07) is 14.7. The van der Waals surface area contributed by atoms with Crippen molar-refractivity contribution in [3.63, 3.8) is 0 Å². The highest BCUT2D eigenvalue weighted by molar-refractivity contribution is 6.03. The Morgan fingerprint density at radius 3 is 0.791 bits per heavy atom. The minimum absolute atomic E-state index is 0.00711. The Kier molecular flexibility index (Phi) is 55.7. The molecule has 0 bridgehead atoms. The average Bonchev–Trinajstić information content (AvgIpc) is 0.859. The fourth-order valence-corrected chi connectivity index (χ4v) is 12.5. The number of Topliss-reactive ketones (excluding diaryl/α,β-unsaturated/α-hetero) is 3. The third-order valence-electron chi connectivity index (χ3n) is 20.8. The van der Waals surface area contributed by atoms with Crippen LogP contribution in [0.15, 0.2) is 91.0 Å². The number of rotatable bonds is 48. The summed E-state index contributed by atoms with van der Waals surface area (Å²) in [5.74, 6) is -10.6. The molecule has 5 aromatic carbocycles. The minimum atomic E-state index is -0.785. The summed E-state index contributed by atoms with van der Waals surface area (Å²) in [6.45, 7) is 17.5. The number of methoxy groups -OCH3 is 5. The lowest BCUT2D eigenvalue weighted by Crippen LogP contribution is -2.44. The second kappa shape index (κ2) is 63.7. The third-order valence-corrected chi connectivity index (χ3v) is 20.8. The predicted molar refractivity (Wildman–Crippen MR) is 510 cm³/mol. The number of carbonyl (C=O) groups is 19. The van der Waals surface area contributed by atoms with Crippen molar-refractivity contribution in [1.29, 1.82) is 0 Å². The number of ketones is 3. The van der Waals surface area contributed by atoms with Crippen LogP contribution in [0.3, 0.4) is 0 Å². The molecule has 0 unspecified atom stereocenters. The van der Waals surface area contributed by atoms with E-state index in [2.05, 4.69) is 82.2 Å². The molecule has 0 heterocycles. The Balaban J connectivity index is 0.000000875. The van der Waals surface area contributed by atoms with Gasteiger partial charge < -0.3 is 148 Å². The number of nitrogens with two attached hydrogens (primary N) is 7. The number of nitrogens with one attached hydrogen (secondary N) is 11. The highest BCUT2D eigenvalue weighted by atomic mass is 16.5. The van der Waals surface area contributed by atoms with Gasteiger partial charge in [0.1, 0.15) is 62.3 Å². The Labute approximate surface area is 803 Å². The van der Waals surface area contributed by atoms with E-state index in [-0.39, 0.29) is 177 Å². The molecule has 0 aliphatic carbocycles. The quantitative estimate of drug-likeness (QED) is 0.0121. The van der Waals surface area contributed by atoms with E-state index in [1.165, 1.54) is 133 Å². The normalized spacial score (nSPS) is 12.2. The summed E-state index contributed by atoms with van der Waals surface area (Å²) in [5, 5.41) is 77.4. The van der Waals surface area contributed by atoms with Crippen LogP contribution >= 0.6 is 0 Å². The first-order chi connectivity index (χ1) is 65.3. The van der Waals surface area contributed by atoms with E-state index in [1.54, 1.807) is 20.8 Å². The van der Waals surface area contributed by atoms with E-state index < -0.39 is 114 Å². The maximum Gasteiger partial charge on any atom is 0.341 e. The SMILES string of the molecule is COC(=O)c1ccc(NC(=O)[C@@H](C)CCCNC(N)=O)cc1O.COC(=O)c1ccc(NC(=O)[C@@H](N)CCCNC(N)=O)cc1O.COC(=O)c1ccc(NC(=O)[C@H](CCCNC(N)=O)CC(=O)[C@@H](C)C(C)C)cc1O.COC(=O)c1ccc(NC(=O)[C@H](CCCNC(N)=O)CC(=O)[C@@H](N)C(C)C)cc1O.COC(=O)c1ccc(NC(=O)[C@H](CCCNC(N)=O)CC(=O)[C@@H](NC(C)=O)C(C)C)cc1O. The number of amides is 16. The van der Waals surface area contributed by atoms with Crippen molar-refractivity contribution in [2.45, 2.75) is 164 Å². The molecule has 766 valence electrons. The van der Waals surface area contributed by atoms with Crippen LogP contribution in [0.25, 0.3) is 0 Å². The number of aromatic hydroxyl groups is 5. The molecule has 0 saturated heterocycles. The summed E-state index contributed by atoms with van der Waals surface area (Å²) in [6.07, 6.45) is 4.10. The molecule has 0 aromatic heterocycles. The summed E-state index contributed by atoms with van der Waals surface area (Å²) < 4.78 is 22.7. The maximum absolute atomic E-state index is 12.9. The molecule has 0 aliphatic rings. The van der Waals surface area contributed by atoms with Gasteiger partial charge in [0, 0.05) is 147 Å². The molecule has 0 fully saturated rings. The summed E-state index contributed by atoms with van der Waals surface area (Å²) in [7, 11) is 5.98. The minimum Gasteiger partial charge on any atom is -0.507 e. The van der Waals surface area contributed by atoms with Crippen LogP contribution in [0, 0.1) is 47.3 Å². The summed E-state index contributed by atoms with van der Waals surface area (Å²) in [5.41, 5.74) is 37.9. The number of hydrogen-bond acceptors (Lipinski definition) is 31. The lowest BCUT2D eigenvalue weighted by Gasteiger charge is -2.23. The Hall–Kier alpha value is -15.5. The second-order valence-electron chi connectivity index (χ2n) is 32.6. The standard InChI is InChI=1S/C22H32N4O7.C21H31N3O6.C20H30N4O6.C15H21N3O5.C14H20N4O5/c1-12(2)19(25-13(3)27)18(29)10-14(6-5-9-24-22(23)32)20(30)26-15-7-8-16(17(28)11-15)21(31)33-4;1-12(2)13(3)17(25)10-14(6-5-9-23-21(22)29)19(27)24-15-7-8-16(18(26)11-15)20(28)30-4;1-11(2)17(21)16(26)9-12(5-4-8-23-20(22)29)18(27)24-13-6-7-14(15(25)10-13)19(28)30-3;1-9(4-3-7-17-15(16)22)13(20)18-10-5-6-11(12(19)8-10)14(21)23-2;1-23-13(21)9-5-4-8(7-11(9)19)18-12(20)10(15)3-2-6-17-14(16)22/h7-8,11-12,14,19,28H,5-6,9-10H2,1-4H3,(H,25,27)(H,26,30)(H3,23,24,32);7-8,11-14,26H,5-6,9-10H2,1-4H3,(H,24,27)(H3,22,23,29);6-7,10-12,17,25H,4-5,8-9,21H2,1-3H3,(H,24,27)(H3,22,23,29);5-6,8-9,19H,3-4,7H2,1-2H3,(H,18,20)(H3,16,17,22);4-5,7,10,19H,2-3,6,15H2,1H3,(H,18,20)(H3,16,17,22)/t14-,19+;13-,14+;12-,17+;9-;10-/m10100/s1. The lowest BCUT2D eigenvalue weighted by atomic mass is 9.86. The number of benzene rings is 5. The van der Waals surface area contributed by atoms with Crippen molar-refractivity contribution < 1.29 is 140 Å². The van der Waals surface area contributed by atoms with Crippen molar-refractivity contribution in [3.8, 4) is 28.7 Å². The Morgan fingerprint density at radius 1 is 0.309 bits per heavy atom. The lowest BCUT2D eigenvalue weighted by molar-refractivity contribution is -0.130. The largest absolute Gasteiger partial charge is 0.507 e. The molecular formula is C92H134N18O29. The van der Waals surface area contributed by atoms with Crippen molar-refractivity contribution in [2.24, 2.45) is 87.5 Å². The zero-order chi connectivity index (χ0) is 106. The number of phenolic OH excluding ortho intramolecular Hbond substituents is 5. The smallest absolute Gasteiger partial charge is 0.341 e. The first kappa shape index (κ1) is 122. The monoisotopic (exact) mass is 1950 g/mol. The number of anilines is 5. The number of hydrogen-bond donors (Lipinski definition) is 23. The predicted octanol–water partition coefficient (Wildman–Crippen LogP) is 5.95. The first-order valence-corrected chi connectivity index (χ1v) is 43.9. The summed E-state index contributed by atoms with van der Waals surface area (Å²) in [4.78, 5) is 223. The molecule has 5 rings (SSSR count). The number of phenols is 5. The molecule has 5 aromatic rings. The number of primary amides is 5. The number of urea groups is 5. The van der Waals surface area contributed by atoms with Gasteiger partial charge in [0.25, 0.3) is 0 Å². The van der Waals surface area contributed by atoms with Gasteiger partial charge in [-0.2, -0.15) is 0 Å². The van der Waals surface area contributed by atoms with Gasteiger partial charge in [0.2, 0.25) is 35.4 Å². The molecule has 16 amide bonds. The van der Waals surface area contributed by atoms with Crippen LogP contribution in [0.4, 0.5) is 52.4 Å². The van der Waals surface area contributed by atoms with Crippen LogP contribution in [-0.2, 0) is 66.8 Å². The van der Waals surface area contributed by atoms with Crippen LogP contribution in [0.2, 0.25) is 0 Å². The topological polar surface area (TPSA) is 786 Å². The van der Waals surface area contributed by atoms with Gasteiger partial charge in [-0.1, -0.05) is 55.4 Å². The van der Waals surface area contributed by atoms with Crippen molar-refractivity contribution >= 4 is 141 Å².